The van der Waals surface area contributed by atoms with E-state index in [0.29, 0.717) is 19.5 Å². The van der Waals surface area contributed by atoms with Crippen LogP contribution in [0.4, 0.5) is 0 Å². The number of benzene rings is 1. The molecule has 1 saturated carbocycles. The molecule has 1 aliphatic heterocycles. The van der Waals surface area contributed by atoms with Gasteiger partial charge in [-0.3, -0.25) is 4.79 Å². The minimum atomic E-state index is -0.920. The highest BCUT2D eigenvalue weighted by atomic mass is 16.5. The predicted octanol–water partition coefficient (Wildman–Crippen LogP) is 2.53. The van der Waals surface area contributed by atoms with Gasteiger partial charge in [-0.1, -0.05) is 31.0 Å². The number of aliphatic hydroxyl groups is 1. The highest BCUT2D eigenvalue weighted by Gasteiger charge is 2.41. The fourth-order valence-electron chi connectivity index (χ4n) is 3.52. The molecule has 1 unspecified atom stereocenters. The molecule has 1 atom stereocenters. The quantitative estimate of drug-likeness (QED) is 0.930. The second-order valence-electron chi connectivity index (χ2n) is 6.77. The maximum Gasteiger partial charge on any atom is 0.225 e. The predicted molar refractivity (Wildman–Crippen MR) is 84.8 cm³/mol. The molecule has 120 valence electrons. The molecule has 4 heteroatoms. The number of hydrogen-bond acceptors (Lipinski definition) is 3. The Labute approximate surface area is 132 Å². The molecule has 2 fully saturated rings. The third-order valence-corrected chi connectivity index (χ3v) is 4.94. The first-order valence-corrected chi connectivity index (χ1v) is 8.27. The maximum atomic E-state index is 12.4. The van der Waals surface area contributed by atoms with Crippen LogP contribution in [0.1, 0.15) is 37.7 Å². The Kier molecular flexibility index (Phi) is 4.39. The van der Waals surface area contributed by atoms with Gasteiger partial charge in [-0.2, -0.15) is 0 Å². The summed E-state index contributed by atoms with van der Waals surface area (Å²) in [7, 11) is 0. The third-order valence-electron chi connectivity index (χ3n) is 4.94. The number of β-amino-alcohol motifs (C(OH)–C–C–N with tert-alkyl or cyclic N) is 1. The normalized spacial score (nSPS) is 25.6. The minimum absolute atomic E-state index is 0.180. The molecule has 1 saturated heterocycles. The fraction of sp³-hybridized carbons (Fsp3) is 0.611. The van der Waals surface area contributed by atoms with E-state index < -0.39 is 5.60 Å². The van der Waals surface area contributed by atoms with Crippen molar-refractivity contribution >= 4 is 5.91 Å². The zero-order valence-electron chi connectivity index (χ0n) is 13.3. The van der Waals surface area contributed by atoms with Crippen LogP contribution in [0, 0.1) is 12.8 Å². The average Bonchev–Trinajstić information content (AvgIpc) is 3.16. The van der Waals surface area contributed by atoms with Gasteiger partial charge in [-0.15, -0.1) is 0 Å². The molecule has 1 heterocycles. The summed E-state index contributed by atoms with van der Waals surface area (Å²) in [5.41, 5.74) is 0.138. The Morgan fingerprint density at radius 2 is 2.09 bits per heavy atom. The highest BCUT2D eigenvalue weighted by Crippen LogP contribution is 2.30. The number of carbonyl (C=O) groups excluding carboxylic acids is 1. The van der Waals surface area contributed by atoms with Gasteiger partial charge >= 0.3 is 0 Å². The van der Waals surface area contributed by atoms with E-state index in [2.05, 4.69) is 0 Å². The summed E-state index contributed by atoms with van der Waals surface area (Å²) < 4.78 is 5.79. The van der Waals surface area contributed by atoms with Crippen LogP contribution in [0.3, 0.4) is 0 Å². The number of likely N-dealkylation sites (tertiary alicyclic amines) is 1. The van der Waals surface area contributed by atoms with Crippen molar-refractivity contribution < 1.29 is 14.6 Å². The smallest absolute Gasteiger partial charge is 0.225 e. The Hall–Kier alpha value is -1.55. The van der Waals surface area contributed by atoms with Gasteiger partial charge in [0, 0.05) is 12.5 Å². The van der Waals surface area contributed by atoms with Crippen molar-refractivity contribution in [3.05, 3.63) is 29.8 Å². The lowest BCUT2D eigenvalue weighted by Gasteiger charge is -2.25. The molecule has 0 aromatic heterocycles. The Morgan fingerprint density at radius 1 is 1.36 bits per heavy atom. The molecular weight excluding hydrogens is 278 g/mol. The zero-order chi connectivity index (χ0) is 15.6. The summed E-state index contributed by atoms with van der Waals surface area (Å²) in [6.07, 6.45) is 4.92. The number of hydrogen-bond donors (Lipinski definition) is 1. The number of para-hydroxylation sites is 1. The van der Waals surface area contributed by atoms with E-state index in [4.69, 9.17) is 4.74 Å². The lowest BCUT2D eigenvalue weighted by atomic mass is 10.0. The number of aryl methyl sites for hydroxylation is 1. The van der Waals surface area contributed by atoms with Gasteiger partial charge in [0.25, 0.3) is 0 Å². The van der Waals surface area contributed by atoms with Crippen molar-refractivity contribution in [3.8, 4) is 5.75 Å². The molecule has 2 aliphatic rings. The van der Waals surface area contributed by atoms with Gasteiger partial charge < -0.3 is 14.7 Å². The lowest BCUT2D eigenvalue weighted by Crippen LogP contribution is -2.42. The van der Waals surface area contributed by atoms with Crippen LogP contribution in [-0.4, -0.2) is 41.2 Å². The second-order valence-corrected chi connectivity index (χ2v) is 6.77. The molecule has 3 rings (SSSR count). The van der Waals surface area contributed by atoms with E-state index in [1.165, 1.54) is 0 Å². The average molecular weight is 303 g/mol. The molecule has 1 aromatic rings. The van der Waals surface area contributed by atoms with Crippen LogP contribution in [-0.2, 0) is 4.79 Å². The maximum absolute atomic E-state index is 12.4. The molecule has 1 aliphatic carbocycles. The van der Waals surface area contributed by atoms with Gasteiger partial charge in [0.2, 0.25) is 5.91 Å². The molecule has 0 spiro atoms. The van der Waals surface area contributed by atoms with Crippen LogP contribution in [0.25, 0.3) is 0 Å². The summed E-state index contributed by atoms with van der Waals surface area (Å²) in [4.78, 5) is 14.3. The van der Waals surface area contributed by atoms with E-state index >= 15 is 0 Å². The van der Waals surface area contributed by atoms with Crippen molar-refractivity contribution in [2.24, 2.45) is 5.92 Å². The summed E-state index contributed by atoms with van der Waals surface area (Å²) in [5, 5.41) is 10.7. The van der Waals surface area contributed by atoms with E-state index in [1.54, 1.807) is 0 Å². The molecule has 0 radical (unpaired) electrons. The van der Waals surface area contributed by atoms with Crippen LogP contribution in [0.2, 0.25) is 0 Å². The summed E-state index contributed by atoms with van der Waals surface area (Å²) in [5.74, 6) is 1.21. The lowest BCUT2D eigenvalue weighted by molar-refractivity contribution is -0.135. The Morgan fingerprint density at radius 3 is 2.82 bits per heavy atom. The Balaban J connectivity index is 1.56. The molecular formula is C18H25NO3. The number of amides is 1. The number of ether oxygens (including phenoxy) is 1. The van der Waals surface area contributed by atoms with E-state index in [-0.39, 0.29) is 18.4 Å². The van der Waals surface area contributed by atoms with Crippen LogP contribution < -0.4 is 4.74 Å². The summed E-state index contributed by atoms with van der Waals surface area (Å²) >= 11 is 0. The minimum Gasteiger partial charge on any atom is -0.490 e. The van der Waals surface area contributed by atoms with Crippen LogP contribution >= 0.6 is 0 Å². The van der Waals surface area contributed by atoms with Gasteiger partial charge in [0.05, 0.1) is 6.54 Å². The topological polar surface area (TPSA) is 49.8 Å². The first-order valence-electron chi connectivity index (χ1n) is 8.27. The van der Waals surface area contributed by atoms with Crippen LogP contribution in [0.15, 0.2) is 24.3 Å². The fourth-order valence-corrected chi connectivity index (χ4v) is 3.52. The van der Waals surface area contributed by atoms with Crippen LogP contribution in [0.5, 0.6) is 5.75 Å². The van der Waals surface area contributed by atoms with Gasteiger partial charge in [0.1, 0.15) is 18.0 Å². The van der Waals surface area contributed by atoms with E-state index in [1.807, 2.05) is 36.1 Å². The number of carbonyl (C=O) groups is 1. The summed E-state index contributed by atoms with van der Waals surface area (Å²) in [6.45, 7) is 3.27. The molecule has 1 aromatic carbocycles. The molecule has 22 heavy (non-hydrogen) atoms. The largest absolute Gasteiger partial charge is 0.490 e. The summed E-state index contributed by atoms with van der Waals surface area (Å²) in [6, 6.07) is 7.80. The SMILES string of the molecule is Cc1ccccc1OCC1(O)CCN(C(=O)C2CCCC2)C1. The molecule has 1 amide bonds. The first-order chi connectivity index (χ1) is 10.6. The van der Waals surface area contributed by atoms with E-state index in [0.717, 1.165) is 37.0 Å². The van der Waals surface area contributed by atoms with Gasteiger partial charge in [-0.25, -0.2) is 0 Å². The van der Waals surface area contributed by atoms with Crippen molar-refractivity contribution in [2.75, 3.05) is 19.7 Å². The second kappa shape index (κ2) is 6.29. The first kappa shape index (κ1) is 15.3. The monoisotopic (exact) mass is 303 g/mol. The third kappa shape index (κ3) is 3.27. The van der Waals surface area contributed by atoms with Gasteiger partial charge in [-0.05, 0) is 37.8 Å². The molecule has 1 N–H and O–H groups in total. The number of rotatable bonds is 4. The zero-order valence-corrected chi connectivity index (χ0v) is 13.3. The van der Waals surface area contributed by atoms with Crippen molar-refractivity contribution in [3.63, 3.8) is 0 Å². The van der Waals surface area contributed by atoms with Crippen molar-refractivity contribution in [1.82, 2.24) is 4.90 Å². The number of nitrogens with zero attached hydrogens (tertiary/aromatic N) is 1. The van der Waals surface area contributed by atoms with Crippen molar-refractivity contribution in [2.45, 2.75) is 44.6 Å². The highest BCUT2D eigenvalue weighted by molar-refractivity contribution is 5.79. The van der Waals surface area contributed by atoms with E-state index in [9.17, 15) is 9.90 Å². The van der Waals surface area contributed by atoms with Crippen molar-refractivity contribution in [1.29, 1.82) is 0 Å². The standard InChI is InChI=1S/C18H25NO3/c1-14-6-2-5-9-16(14)22-13-18(21)10-11-19(12-18)17(20)15-7-3-4-8-15/h2,5-6,9,15,21H,3-4,7-8,10-13H2,1H3. The molecule has 4 nitrogen and oxygen atoms in total. The van der Waals surface area contributed by atoms with Gasteiger partial charge in [0.15, 0.2) is 0 Å². The Bertz CT molecular complexity index is 539. The molecule has 0 bridgehead atoms.